The van der Waals surface area contributed by atoms with E-state index in [1.807, 2.05) is 13.8 Å². The Morgan fingerprint density at radius 1 is 1.70 bits per heavy atom. The number of Topliss-reactive ketones (excluding diaryl/α,β-unsaturated/α-hetero) is 1. The van der Waals surface area contributed by atoms with Gasteiger partial charge in [0.15, 0.2) is 5.78 Å². The average Bonchev–Trinajstić information content (AvgIpc) is 2.10. The molecule has 0 aromatic rings. The standard InChI is InChI=1S/C8H12O2/c1-5(2)7-3-6(9)4-8(7)10/h3,5-6,9H,4H2,1-2H3. The highest BCUT2D eigenvalue weighted by molar-refractivity contribution is 5.98. The largest absolute Gasteiger partial charge is 0.389 e. The molecule has 1 aliphatic carbocycles. The predicted molar refractivity (Wildman–Crippen MR) is 38.6 cm³/mol. The Morgan fingerprint density at radius 2 is 2.30 bits per heavy atom. The maximum Gasteiger partial charge on any atom is 0.161 e. The number of allylic oxidation sites excluding steroid dienone is 1. The molecule has 0 aliphatic heterocycles. The van der Waals surface area contributed by atoms with Gasteiger partial charge >= 0.3 is 0 Å². The minimum atomic E-state index is -0.523. The predicted octanol–water partition coefficient (Wildman–Crippen LogP) is 0.903. The van der Waals surface area contributed by atoms with Gasteiger partial charge in [-0.3, -0.25) is 4.79 Å². The minimum absolute atomic E-state index is 0.0995. The van der Waals surface area contributed by atoms with Crippen molar-refractivity contribution in [2.75, 3.05) is 0 Å². The number of rotatable bonds is 1. The molecular weight excluding hydrogens is 128 g/mol. The van der Waals surface area contributed by atoms with Gasteiger partial charge in [-0.05, 0) is 17.6 Å². The first kappa shape index (κ1) is 7.48. The highest BCUT2D eigenvalue weighted by Gasteiger charge is 2.23. The van der Waals surface area contributed by atoms with E-state index in [0.29, 0.717) is 0 Å². The van der Waals surface area contributed by atoms with Crippen molar-refractivity contribution in [2.45, 2.75) is 26.4 Å². The second-order valence-corrected chi connectivity index (χ2v) is 2.97. The quantitative estimate of drug-likeness (QED) is 0.587. The van der Waals surface area contributed by atoms with Gasteiger partial charge in [-0.2, -0.15) is 0 Å². The lowest BCUT2D eigenvalue weighted by molar-refractivity contribution is -0.116. The number of hydrogen-bond donors (Lipinski definition) is 1. The fourth-order valence-corrected chi connectivity index (χ4v) is 1.18. The summed E-state index contributed by atoms with van der Waals surface area (Å²) < 4.78 is 0. The first-order chi connectivity index (χ1) is 4.61. The number of ketones is 1. The molecule has 0 fully saturated rings. The summed E-state index contributed by atoms with van der Waals surface area (Å²) in [5.41, 5.74) is 0.785. The van der Waals surface area contributed by atoms with Crippen LogP contribution >= 0.6 is 0 Å². The number of carbonyl (C=O) groups excluding carboxylic acids is 1. The molecule has 0 saturated heterocycles. The Balaban J connectivity index is 2.75. The topological polar surface area (TPSA) is 37.3 Å². The van der Waals surface area contributed by atoms with Crippen molar-refractivity contribution in [3.8, 4) is 0 Å². The molecule has 0 aromatic carbocycles. The lowest BCUT2D eigenvalue weighted by Crippen LogP contribution is -2.04. The van der Waals surface area contributed by atoms with Crippen LogP contribution in [-0.4, -0.2) is 17.0 Å². The van der Waals surface area contributed by atoms with Crippen LogP contribution in [0.25, 0.3) is 0 Å². The summed E-state index contributed by atoms with van der Waals surface area (Å²) >= 11 is 0. The summed E-state index contributed by atoms with van der Waals surface area (Å²) in [5.74, 6) is 0.354. The van der Waals surface area contributed by atoms with Crippen LogP contribution in [0.5, 0.6) is 0 Å². The van der Waals surface area contributed by atoms with Gasteiger partial charge in [-0.25, -0.2) is 0 Å². The Morgan fingerprint density at radius 3 is 2.50 bits per heavy atom. The molecule has 0 bridgehead atoms. The molecule has 1 aliphatic rings. The van der Waals surface area contributed by atoms with Crippen LogP contribution < -0.4 is 0 Å². The monoisotopic (exact) mass is 140 g/mol. The zero-order chi connectivity index (χ0) is 7.72. The zero-order valence-electron chi connectivity index (χ0n) is 6.29. The molecule has 0 aromatic heterocycles. The number of hydrogen-bond acceptors (Lipinski definition) is 2. The summed E-state index contributed by atoms with van der Waals surface area (Å²) in [6.45, 7) is 3.92. The van der Waals surface area contributed by atoms with Gasteiger partial charge in [0.05, 0.1) is 6.10 Å². The van der Waals surface area contributed by atoms with Gasteiger partial charge in [-0.15, -0.1) is 0 Å². The zero-order valence-corrected chi connectivity index (χ0v) is 6.29. The Kier molecular flexibility index (Phi) is 1.90. The van der Waals surface area contributed by atoms with Crippen LogP contribution in [0.1, 0.15) is 20.3 Å². The molecule has 0 amide bonds. The summed E-state index contributed by atoms with van der Waals surface area (Å²) in [4.78, 5) is 11.0. The van der Waals surface area contributed by atoms with Gasteiger partial charge in [-0.1, -0.05) is 13.8 Å². The fraction of sp³-hybridized carbons (Fsp3) is 0.625. The van der Waals surface area contributed by atoms with Crippen molar-refractivity contribution in [1.82, 2.24) is 0 Å². The van der Waals surface area contributed by atoms with Gasteiger partial charge < -0.3 is 5.11 Å². The van der Waals surface area contributed by atoms with E-state index < -0.39 is 6.10 Å². The van der Waals surface area contributed by atoms with E-state index in [2.05, 4.69) is 0 Å². The highest BCUT2D eigenvalue weighted by atomic mass is 16.3. The smallest absolute Gasteiger partial charge is 0.161 e. The first-order valence-electron chi connectivity index (χ1n) is 3.54. The second kappa shape index (κ2) is 2.54. The van der Waals surface area contributed by atoms with Gasteiger partial charge in [0, 0.05) is 6.42 Å². The van der Waals surface area contributed by atoms with Crippen LogP contribution in [0.3, 0.4) is 0 Å². The van der Waals surface area contributed by atoms with Crippen molar-refractivity contribution in [1.29, 1.82) is 0 Å². The molecule has 1 unspecified atom stereocenters. The molecule has 1 atom stereocenters. The van der Waals surface area contributed by atoms with Crippen molar-refractivity contribution in [3.63, 3.8) is 0 Å². The van der Waals surface area contributed by atoms with Crippen molar-refractivity contribution in [2.24, 2.45) is 5.92 Å². The third kappa shape index (κ3) is 1.27. The average molecular weight is 140 g/mol. The molecule has 0 saturated carbocycles. The molecule has 0 heterocycles. The Hall–Kier alpha value is -0.630. The van der Waals surface area contributed by atoms with E-state index in [1.165, 1.54) is 0 Å². The van der Waals surface area contributed by atoms with Crippen molar-refractivity contribution >= 4 is 5.78 Å². The molecule has 10 heavy (non-hydrogen) atoms. The van der Waals surface area contributed by atoms with Gasteiger partial charge in [0.25, 0.3) is 0 Å². The van der Waals surface area contributed by atoms with Crippen LogP contribution in [0.4, 0.5) is 0 Å². The van der Waals surface area contributed by atoms with Crippen molar-refractivity contribution < 1.29 is 9.90 Å². The molecule has 1 N–H and O–H groups in total. The molecule has 0 radical (unpaired) electrons. The first-order valence-corrected chi connectivity index (χ1v) is 3.54. The van der Waals surface area contributed by atoms with Gasteiger partial charge in [0.2, 0.25) is 0 Å². The molecular formula is C8H12O2. The van der Waals surface area contributed by atoms with E-state index in [-0.39, 0.29) is 18.1 Å². The SMILES string of the molecule is CC(C)C1=CC(O)CC1=O. The Bertz CT molecular complexity index is 180. The summed E-state index contributed by atoms with van der Waals surface area (Å²) in [5, 5.41) is 9.02. The molecule has 0 spiro atoms. The van der Waals surface area contributed by atoms with E-state index in [0.717, 1.165) is 5.57 Å². The third-order valence-electron chi connectivity index (χ3n) is 1.71. The second-order valence-electron chi connectivity index (χ2n) is 2.97. The minimum Gasteiger partial charge on any atom is -0.389 e. The van der Waals surface area contributed by atoms with Crippen LogP contribution in [-0.2, 0) is 4.79 Å². The number of carbonyl (C=O) groups is 1. The maximum absolute atomic E-state index is 11.0. The molecule has 56 valence electrons. The third-order valence-corrected chi connectivity index (χ3v) is 1.71. The summed E-state index contributed by atoms with van der Waals surface area (Å²) in [7, 11) is 0. The molecule has 2 nitrogen and oxygen atoms in total. The Labute approximate surface area is 60.6 Å². The molecule has 1 rings (SSSR count). The van der Waals surface area contributed by atoms with E-state index in [9.17, 15) is 4.79 Å². The summed E-state index contributed by atoms with van der Waals surface area (Å²) in [6.07, 6.45) is 1.42. The van der Waals surface area contributed by atoms with E-state index in [1.54, 1.807) is 6.08 Å². The molecule has 2 heteroatoms. The lowest BCUT2D eigenvalue weighted by Gasteiger charge is -2.01. The maximum atomic E-state index is 11.0. The normalized spacial score (nSPS) is 25.8. The van der Waals surface area contributed by atoms with Crippen LogP contribution in [0.2, 0.25) is 0 Å². The lowest BCUT2D eigenvalue weighted by atomic mass is 10.0. The number of aliphatic hydroxyl groups is 1. The summed E-state index contributed by atoms with van der Waals surface area (Å²) in [6, 6.07) is 0. The van der Waals surface area contributed by atoms with E-state index >= 15 is 0 Å². The number of aliphatic hydroxyl groups excluding tert-OH is 1. The van der Waals surface area contributed by atoms with E-state index in [4.69, 9.17) is 5.11 Å². The van der Waals surface area contributed by atoms with Crippen molar-refractivity contribution in [3.05, 3.63) is 11.6 Å². The van der Waals surface area contributed by atoms with Gasteiger partial charge in [0.1, 0.15) is 0 Å². The van der Waals surface area contributed by atoms with Crippen LogP contribution in [0.15, 0.2) is 11.6 Å². The highest BCUT2D eigenvalue weighted by Crippen LogP contribution is 2.21. The fourth-order valence-electron chi connectivity index (χ4n) is 1.18. The van der Waals surface area contributed by atoms with Crippen LogP contribution in [0, 0.1) is 5.92 Å².